The van der Waals surface area contributed by atoms with Crippen LogP contribution in [-0.4, -0.2) is 34.4 Å². The van der Waals surface area contributed by atoms with Crippen LogP contribution in [0.2, 0.25) is 0 Å². The number of aldehydes is 1. The van der Waals surface area contributed by atoms with Gasteiger partial charge in [0.1, 0.15) is 18.2 Å². The lowest BCUT2D eigenvalue weighted by Crippen LogP contribution is -2.24. The molecule has 3 aliphatic rings. The fraction of sp³-hybridized carbons (Fsp3) is 0.706. The molecule has 2 fully saturated rings. The summed E-state index contributed by atoms with van der Waals surface area (Å²) < 4.78 is 35.8. The van der Waals surface area contributed by atoms with Crippen LogP contribution in [0, 0.1) is 11.3 Å². The zero-order valence-electron chi connectivity index (χ0n) is 13.6. The van der Waals surface area contributed by atoms with Crippen molar-refractivity contribution in [2.24, 2.45) is 11.3 Å². The monoisotopic (exact) mass is 338 g/mol. The molecule has 1 aliphatic heterocycles. The number of hydrogen-bond donors (Lipinski definition) is 0. The predicted molar refractivity (Wildman–Crippen MR) is 80.0 cm³/mol. The molecule has 3 atom stereocenters. The van der Waals surface area contributed by atoms with Gasteiger partial charge in [-0.15, -0.1) is 0 Å². The van der Waals surface area contributed by atoms with Gasteiger partial charge in [-0.1, -0.05) is 6.92 Å². The lowest BCUT2D eigenvalue weighted by atomic mass is 9.86. The first-order valence-electron chi connectivity index (χ1n) is 8.46. The second kappa shape index (κ2) is 5.18. The van der Waals surface area contributed by atoms with Gasteiger partial charge in [0.25, 0.3) is 5.92 Å². The summed E-state index contributed by atoms with van der Waals surface area (Å²) in [7, 11) is 0. The van der Waals surface area contributed by atoms with Crippen molar-refractivity contribution >= 4 is 12.1 Å². The van der Waals surface area contributed by atoms with Crippen LogP contribution in [-0.2, 0) is 22.4 Å². The van der Waals surface area contributed by atoms with Gasteiger partial charge in [0.05, 0.1) is 6.42 Å². The molecule has 1 saturated heterocycles. The molecule has 2 heterocycles. The Morgan fingerprint density at radius 3 is 2.92 bits per heavy atom. The van der Waals surface area contributed by atoms with E-state index in [-0.39, 0.29) is 31.2 Å². The van der Waals surface area contributed by atoms with Crippen LogP contribution in [0.25, 0.3) is 0 Å². The molecule has 5 nitrogen and oxygen atoms in total. The Labute approximate surface area is 138 Å². The smallest absolute Gasteiger partial charge is 0.258 e. The zero-order valence-corrected chi connectivity index (χ0v) is 13.6. The largest absolute Gasteiger partial charge is 0.357 e. The normalized spacial score (nSPS) is 33.5. The number of ketones is 1. The predicted octanol–water partition coefficient (Wildman–Crippen LogP) is 2.72. The number of nitrogens with zero attached hydrogens (tertiary/aromatic N) is 2. The molecule has 0 N–H and O–H groups in total. The Kier molecular flexibility index (Phi) is 3.43. The van der Waals surface area contributed by atoms with Crippen molar-refractivity contribution in [2.75, 3.05) is 6.61 Å². The third kappa shape index (κ3) is 2.03. The summed E-state index contributed by atoms with van der Waals surface area (Å²) in [5.74, 6) is -3.86. The second-order valence-corrected chi connectivity index (χ2v) is 7.31. The number of rotatable bonds is 4. The van der Waals surface area contributed by atoms with E-state index >= 15 is 0 Å². The number of alkyl halides is 2. The van der Waals surface area contributed by atoms with Gasteiger partial charge in [0.15, 0.2) is 5.78 Å². The first kappa shape index (κ1) is 15.9. The molecule has 3 unspecified atom stereocenters. The van der Waals surface area contributed by atoms with Gasteiger partial charge in [-0.2, -0.15) is 5.10 Å². The van der Waals surface area contributed by atoms with E-state index < -0.39 is 23.0 Å². The van der Waals surface area contributed by atoms with Crippen LogP contribution in [0.1, 0.15) is 60.6 Å². The second-order valence-electron chi connectivity index (χ2n) is 7.31. The van der Waals surface area contributed by atoms with Crippen LogP contribution < -0.4 is 0 Å². The fourth-order valence-electron chi connectivity index (χ4n) is 4.28. The molecule has 0 amide bonds. The average molecular weight is 338 g/mol. The summed E-state index contributed by atoms with van der Waals surface area (Å²) in [4.78, 5) is 22.9. The highest BCUT2D eigenvalue weighted by atomic mass is 19.3. The van der Waals surface area contributed by atoms with Crippen molar-refractivity contribution in [3.05, 3.63) is 17.0 Å². The Bertz CT molecular complexity index is 709. The van der Waals surface area contributed by atoms with E-state index in [4.69, 9.17) is 4.74 Å². The minimum Gasteiger partial charge on any atom is -0.357 e. The zero-order chi connectivity index (χ0) is 17.1. The Morgan fingerprint density at radius 1 is 1.46 bits per heavy atom. The number of carbonyl (C=O) groups is 2. The summed E-state index contributed by atoms with van der Waals surface area (Å²) in [6, 6.07) is 0. The number of hydrogen-bond acceptors (Lipinski definition) is 4. The lowest BCUT2D eigenvalue weighted by Gasteiger charge is -2.26. The molecule has 4 rings (SSSR count). The van der Waals surface area contributed by atoms with Gasteiger partial charge in [0.2, 0.25) is 0 Å². The number of halogens is 2. The van der Waals surface area contributed by atoms with Gasteiger partial charge in [-0.05, 0) is 25.7 Å². The summed E-state index contributed by atoms with van der Waals surface area (Å²) in [6.45, 7) is 2.21. The van der Waals surface area contributed by atoms with Crippen LogP contribution >= 0.6 is 0 Å². The maximum Gasteiger partial charge on any atom is 0.258 e. The standard InChI is InChI=1S/C17H20F2N2O3/c1-16-9-11-10(8-13(16)17(16,18)19)15(12(23)5-6-22)20-21(11)14-4-2-3-7-24-14/h6,13-14H,2-5,7-9H2,1H3. The molecule has 1 aromatic heterocycles. The van der Waals surface area contributed by atoms with Crippen molar-refractivity contribution in [3.8, 4) is 0 Å². The molecule has 7 heteroatoms. The SMILES string of the molecule is CC12Cc3c(c(C(=O)CC=O)nn3C3CCCCO3)CC1C2(F)F. The van der Waals surface area contributed by atoms with Gasteiger partial charge >= 0.3 is 0 Å². The summed E-state index contributed by atoms with van der Waals surface area (Å²) in [5.41, 5.74) is 0.399. The Morgan fingerprint density at radius 2 is 2.25 bits per heavy atom. The number of aromatic nitrogens is 2. The molecular formula is C17H20F2N2O3. The number of ether oxygens (including phenoxy) is 1. The van der Waals surface area contributed by atoms with Crippen LogP contribution in [0.4, 0.5) is 8.78 Å². The molecule has 1 aromatic rings. The van der Waals surface area contributed by atoms with Crippen molar-refractivity contribution in [1.29, 1.82) is 0 Å². The van der Waals surface area contributed by atoms with E-state index in [9.17, 15) is 18.4 Å². The third-order valence-electron chi connectivity index (χ3n) is 5.91. The summed E-state index contributed by atoms with van der Waals surface area (Å²) in [6.07, 6.45) is 3.00. The number of fused-ring (bicyclic) bond motifs is 2. The molecule has 130 valence electrons. The van der Waals surface area contributed by atoms with E-state index in [1.54, 1.807) is 11.6 Å². The Hall–Kier alpha value is -1.63. The minimum atomic E-state index is -2.71. The highest BCUT2D eigenvalue weighted by molar-refractivity contribution is 6.02. The van der Waals surface area contributed by atoms with Crippen LogP contribution in [0.3, 0.4) is 0 Å². The number of Topliss-reactive ketones (excluding diaryl/α,β-unsaturated/α-hetero) is 1. The molecule has 2 aliphatic carbocycles. The van der Waals surface area contributed by atoms with Crippen LogP contribution in [0.15, 0.2) is 0 Å². The molecule has 0 aromatic carbocycles. The van der Waals surface area contributed by atoms with Crippen molar-refractivity contribution < 1.29 is 23.1 Å². The van der Waals surface area contributed by atoms with Crippen molar-refractivity contribution in [1.82, 2.24) is 9.78 Å². The maximum atomic E-state index is 14.2. The molecule has 0 spiro atoms. The van der Waals surface area contributed by atoms with E-state index in [0.29, 0.717) is 24.2 Å². The highest BCUT2D eigenvalue weighted by Gasteiger charge is 2.78. The summed E-state index contributed by atoms with van der Waals surface area (Å²) in [5, 5.41) is 4.41. The van der Waals surface area contributed by atoms with Crippen molar-refractivity contribution in [2.45, 2.75) is 57.6 Å². The molecular weight excluding hydrogens is 318 g/mol. The maximum absolute atomic E-state index is 14.2. The molecule has 0 radical (unpaired) electrons. The minimum absolute atomic E-state index is 0.144. The topological polar surface area (TPSA) is 61.2 Å². The van der Waals surface area contributed by atoms with Gasteiger partial charge in [-0.25, -0.2) is 13.5 Å². The van der Waals surface area contributed by atoms with Crippen molar-refractivity contribution in [3.63, 3.8) is 0 Å². The average Bonchev–Trinajstić information content (AvgIpc) is 2.85. The first-order valence-corrected chi connectivity index (χ1v) is 8.46. The summed E-state index contributed by atoms with van der Waals surface area (Å²) >= 11 is 0. The lowest BCUT2D eigenvalue weighted by molar-refractivity contribution is -0.107. The quantitative estimate of drug-likeness (QED) is 0.481. The first-order chi connectivity index (χ1) is 11.4. The third-order valence-corrected chi connectivity index (χ3v) is 5.91. The van der Waals surface area contributed by atoms with E-state index in [0.717, 1.165) is 19.3 Å². The van der Waals surface area contributed by atoms with Gasteiger partial charge in [-0.3, -0.25) is 4.79 Å². The number of carbonyl (C=O) groups excluding carboxylic acids is 2. The molecule has 0 bridgehead atoms. The molecule has 24 heavy (non-hydrogen) atoms. The van der Waals surface area contributed by atoms with E-state index in [2.05, 4.69) is 5.10 Å². The van der Waals surface area contributed by atoms with E-state index in [1.807, 2.05) is 0 Å². The fourth-order valence-corrected chi connectivity index (χ4v) is 4.28. The van der Waals surface area contributed by atoms with Crippen LogP contribution in [0.5, 0.6) is 0 Å². The van der Waals surface area contributed by atoms with Gasteiger partial charge < -0.3 is 9.53 Å². The highest BCUT2D eigenvalue weighted by Crippen LogP contribution is 2.70. The van der Waals surface area contributed by atoms with E-state index in [1.165, 1.54) is 0 Å². The Balaban J connectivity index is 1.76. The molecule has 1 saturated carbocycles. The van der Waals surface area contributed by atoms with Gasteiger partial charge in [0, 0.05) is 35.6 Å².